The molecule has 0 saturated carbocycles. The second-order valence-electron chi connectivity index (χ2n) is 1.01. The average molecular weight is 190 g/mol. The Balaban J connectivity index is 0. The molecule has 0 aliphatic heterocycles. The lowest BCUT2D eigenvalue weighted by molar-refractivity contribution is -0.152. The zero-order valence-electron chi connectivity index (χ0n) is 5.81. The van der Waals surface area contributed by atoms with E-state index in [0.29, 0.717) is 0 Å². The smallest absolute Gasteiger partial charge is 0.370 e. The van der Waals surface area contributed by atoms with Crippen LogP contribution in [0.15, 0.2) is 13.2 Å². The summed E-state index contributed by atoms with van der Waals surface area (Å²) < 4.78 is 49.6. The van der Waals surface area contributed by atoms with Crippen LogP contribution in [0, 0.1) is 0 Å². The highest BCUT2D eigenvalue weighted by Crippen LogP contribution is 2.01. The van der Waals surface area contributed by atoms with Gasteiger partial charge in [0.1, 0.15) is 0 Å². The predicted octanol–water partition coefficient (Wildman–Crippen LogP) is 2.39. The highest BCUT2D eigenvalue weighted by molar-refractivity contribution is 5.59. The molecule has 0 rings (SSSR count). The third-order valence-corrected chi connectivity index (χ3v) is 0.371. The predicted molar refractivity (Wildman–Crippen MR) is 30.8 cm³/mol. The number of ether oxygens (including phenoxy) is 2. The van der Waals surface area contributed by atoms with E-state index in [1.807, 2.05) is 0 Å². The van der Waals surface area contributed by atoms with Crippen LogP contribution in [-0.2, 0) is 9.47 Å². The fourth-order valence-corrected chi connectivity index (χ4v) is 0.173. The monoisotopic (exact) mass is 190 g/mol. The number of carbonyl (C=O) groups is 1. The molecule has 72 valence electrons. The molecule has 0 aromatic heterocycles. The second kappa shape index (κ2) is 7.83. The highest BCUT2D eigenvalue weighted by Gasteiger charge is 2.16. The molecule has 0 bridgehead atoms. The van der Waals surface area contributed by atoms with E-state index in [2.05, 4.69) is 22.6 Å². The Kier molecular flexibility index (Phi) is 8.70. The lowest BCUT2D eigenvalue weighted by Crippen LogP contribution is -2.14. The quantitative estimate of drug-likeness (QED) is 0.381. The number of alkyl halides is 4. The first-order valence-electron chi connectivity index (χ1n) is 2.46. The largest absolute Gasteiger partial charge is 0.517 e. The first-order valence-corrected chi connectivity index (χ1v) is 2.46. The van der Waals surface area contributed by atoms with Gasteiger partial charge in [0.25, 0.3) is 0 Å². The average Bonchev–Trinajstić information content (AvgIpc) is 1.87. The van der Waals surface area contributed by atoms with Crippen molar-refractivity contribution in [3.8, 4) is 0 Å². The van der Waals surface area contributed by atoms with Crippen molar-refractivity contribution in [1.82, 2.24) is 0 Å². The van der Waals surface area contributed by atoms with Crippen LogP contribution in [0.25, 0.3) is 0 Å². The normalized spacial score (nSPS) is 8.83. The summed E-state index contributed by atoms with van der Waals surface area (Å²) in [7, 11) is 0. The molecule has 0 fully saturated rings. The van der Waals surface area contributed by atoms with Crippen molar-refractivity contribution in [2.45, 2.75) is 13.2 Å². The van der Waals surface area contributed by atoms with Crippen molar-refractivity contribution in [3.63, 3.8) is 0 Å². The van der Waals surface area contributed by atoms with Crippen LogP contribution in [0.2, 0.25) is 0 Å². The first kappa shape index (κ1) is 13.3. The zero-order chi connectivity index (χ0) is 10.1. The Bertz CT molecular complexity index is 116. The van der Waals surface area contributed by atoms with Crippen molar-refractivity contribution >= 4 is 6.16 Å². The van der Waals surface area contributed by atoms with Gasteiger partial charge in [-0.2, -0.15) is 17.6 Å². The van der Waals surface area contributed by atoms with Crippen LogP contribution in [0.4, 0.5) is 22.4 Å². The number of halogens is 4. The minimum absolute atomic E-state index is 2.09. The third kappa shape index (κ3) is 11.5. The van der Waals surface area contributed by atoms with Crippen molar-refractivity contribution in [2.24, 2.45) is 0 Å². The van der Waals surface area contributed by atoms with E-state index < -0.39 is 19.4 Å². The summed E-state index contributed by atoms with van der Waals surface area (Å²) in [5.74, 6) is 0. The molecule has 3 nitrogen and oxygen atoms in total. The van der Waals surface area contributed by atoms with Gasteiger partial charge in [-0.1, -0.05) is 0 Å². The summed E-state index contributed by atoms with van der Waals surface area (Å²) >= 11 is 0. The lowest BCUT2D eigenvalue weighted by Gasteiger charge is -2.01. The van der Waals surface area contributed by atoms with E-state index in [1.165, 1.54) is 0 Å². The lowest BCUT2D eigenvalue weighted by atomic mass is 11.2. The topological polar surface area (TPSA) is 35.5 Å². The van der Waals surface area contributed by atoms with Gasteiger partial charge in [-0.15, -0.1) is 13.2 Å². The Morgan fingerprint density at radius 2 is 1.25 bits per heavy atom. The summed E-state index contributed by atoms with van der Waals surface area (Å²) in [6.45, 7) is -0.877. The van der Waals surface area contributed by atoms with Crippen LogP contribution >= 0.6 is 0 Å². The molecule has 0 aliphatic rings. The summed E-state index contributed by atoms with van der Waals surface area (Å²) in [5.41, 5.74) is 0. The maximum atomic E-state index is 11.0. The Hall–Kier alpha value is -1.27. The van der Waals surface area contributed by atoms with Crippen LogP contribution in [-0.4, -0.2) is 19.4 Å². The standard InChI is InChI=1S/C3H2F4O3.C2H4/c4-1(5)9-3(8)10-2(6)7;1-2/h1-2H;1-2H2. The molecule has 0 spiro atoms. The minimum Gasteiger partial charge on any atom is -0.370 e. The van der Waals surface area contributed by atoms with Gasteiger partial charge < -0.3 is 9.47 Å². The Morgan fingerprint density at radius 1 is 1.00 bits per heavy atom. The molecule has 0 N–H and O–H groups in total. The van der Waals surface area contributed by atoms with Crippen molar-refractivity contribution in [1.29, 1.82) is 0 Å². The van der Waals surface area contributed by atoms with Crippen LogP contribution < -0.4 is 0 Å². The molecule has 0 aromatic carbocycles. The summed E-state index contributed by atoms with van der Waals surface area (Å²) in [6, 6.07) is 0. The van der Waals surface area contributed by atoms with Gasteiger partial charge in [-0.25, -0.2) is 4.79 Å². The molecule has 0 atom stereocenters. The van der Waals surface area contributed by atoms with Crippen molar-refractivity contribution in [2.75, 3.05) is 0 Å². The van der Waals surface area contributed by atoms with Gasteiger partial charge in [0.15, 0.2) is 0 Å². The Morgan fingerprint density at radius 3 is 1.42 bits per heavy atom. The second-order valence-corrected chi connectivity index (χ2v) is 1.01. The molecule has 0 amide bonds. The van der Waals surface area contributed by atoms with Crippen molar-refractivity contribution < 1.29 is 31.8 Å². The van der Waals surface area contributed by atoms with Crippen LogP contribution in [0.3, 0.4) is 0 Å². The van der Waals surface area contributed by atoms with Crippen LogP contribution in [0.1, 0.15) is 0 Å². The van der Waals surface area contributed by atoms with Gasteiger partial charge >= 0.3 is 19.4 Å². The van der Waals surface area contributed by atoms with Gasteiger partial charge in [-0.05, 0) is 0 Å². The number of carbonyl (C=O) groups excluding carboxylic acids is 1. The van der Waals surface area contributed by atoms with Gasteiger partial charge in [0, 0.05) is 0 Å². The van der Waals surface area contributed by atoms with Crippen LogP contribution in [0.5, 0.6) is 0 Å². The molecule has 0 radical (unpaired) electrons. The number of hydrogen-bond donors (Lipinski definition) is 0. The number of rotatable bonds is 2. The minimum atomic E-state index is -3.44. The SMILES string of the molecule is C=C.O=C(OC(F)F)OC(F)F. The fraction of sp³-hybridized carbons (Fsp3) is 0.400. The zero-order valence-corrected chi connectivity index (χ0v) is 5.81. The molecule has 12 heavy (non-hydrogen) atoms. The Labute approximate surface area is 65.6 Å². The summed E-state index contributed by atoms with van der Waals surface area (Å²) in [5, 5.41) is 0. The fourth-order valence-electron chi connectivity index (χ4n) is 0.173. The van der Waals surface area contributed by atoms with Gasteiger partial charge in [0.05, 0.1) is 0 Å². The highest BCUT2D eigenvalue weighted by atomic mass is 19.3. The summed E-state index contributed by atoms with van der Waals surface area (Å²) in [6.07, 6.45) is -2.09. The van der Waals surface area contributed by atoms with Gasteiger partial charge in [-0.3, -0.25) is 0 Å². The molecule has 0 heterocycles. The van der Waals surface area contributed by atoms with E-state index in [4.69, 9.17) is 0 Å². The number of hydrogen-bond acceptors (Lipinski definition) is 3. The molecule has 7 heteroatoms. The third-order valence-electron chi connectivity index (χ3n) is 0.371. The molecular formula is C5H6F4O3. The van der Waals surface area contributed by atoms with E-state index in [1.54, 1.807) is 0 Å². The molecule has 0 aliphatic carbocycles. The van der Waals surface area contributed by atoms with Crippen molar-refractivity contribution in [3.05, 3.63) is 13.2 Å². The van der Waals surface area contributed by atoms with E-state index >= 15 is 0 Å². The van der Waals surface area contributed by atoms with E-state index in [-0.39, 0.29) is 0 Å². The van der Waals surface area contributed by atoms with E-state index in [9.17, 15) is 22.4 Å². The molecule has 0 unspecified atom stereocenters. The van der Waals surface area contributed by atoms with Gasteiger partial charge in [0.2, 0.25) is 0 Å². The maximum absolute atomic E-state index is 11.0. The molecule has 0 saturated heterocycles. The maximum Gasteiger partial charge on any atom is 0.517 e. The molecule has 0 aromatic rings. The molecular weight excluding hydrogens is 184 g/mol. The summed E-state index contributed by atoms with van der Waals surface area (Å²) in [4.78, 5) is 9.66. The van der Waals surface area contributed by atoms with E-state index in [0.717, 1.165) is 0 Å². The first-order chi connectivity index (χ1) is 5.52.